The van der Waals surface area contributed by atoms with Gasteiger partial charge in [0, 0.05) is 11.9 Å². The number of nitrogens with one attached hydrogen (secondary N) is 1. The highest BCUT2D eigenvalue weighted by atomic mass is 32.1. The average Bonchev–Trinajstić information content (AvgIpc) is 3.32. The molecular formula is C18H16N4OS2. The molecule has 0 saturated heterocycles. The first-order valence-electron chi connectivity index (χ1n) is 7.82. The highest BCUT2D eigenvalue weighted by Crippen LogP contribution is 2.27. The van der Waals surface area contributed by atoms with Crippen LogP contribution in [0.1, 0.15) is 20.4 Å². The van der Waals surface area contributed by atoms with Crippen LogP contribution in [0.4, 0.5) is 0 Å². The Morgan fingerprint density at radius 3 is 2.80 bits per heavy atom. The molecule has 1 N–H and O–H groups in total. The number of para-hydroxylation sites is 1. The molecule has 0 aliphatic heterocycles. The third kappa shape index (κ3) is 3.20. The molecule has 4 aromatic rings. The molecule has 3 heterocycles. The van der Waals surface area contributed by atoms with Crippen molar-refractivity contribution in [2.24, 2.45) is 0 Å². The van der Waals surface area contributed by atoms with Gasteiger partial charge in [-0.2, -0.15) is 5.10 Å². The summed E-state index contributed by atoms with van der Waals surface area (Å²) in [6.07, 6.45) is 0. The summed E-state index contributed by atoms with van der Waals surface area (Å²) in [5.74, 6) is -0.116. The molecule has 4 rings (SSSR count). The number of thiazole rings is 1. The summed E-state index contributed by atoms with van der Waals surface area (Å²) in [6, 6.07) is 13.9. The van der Waals surface area contributed by atoms with Crippen molar-refractivity contribution in [3.63, 3.8) is 0 Å². The van der Waals surface area contributed by atoms with Gasteiger partial charge in [-0.1, -0.05) is 12.1 Å². The van der Waals surface area contributed by atoms with E-state index in [0.29, 0.717) is 12.2 Å². The fraction of sp³-hybridized carbons (Fsp3) is 0.167. The predicted octanol–water partition coefficient (Wildman–Crippen LogP) is 4.33. The second-order valence-corrected chi connectivity index (χ2v) is 8.22. The van der Waals surface area contributed by atoms with E-state index in [1.54, 1.807) is 34.6 Å². The zero-order valence-electron chi connectivity index (χ0n) is 13.8. The molecule has 1 aromatic carbocycles. The van der Waals surface area contributed by atoms with Crippen molar-refractivity contribution in [3.8, 4) is 10.6 Å². The molecule has 0 atom stereocenters. The topological polar surface area (TPSA) is 61.9 Å². The van der Waals surface area contributed by atoms with Crippen LogP contribution in [0.25, 0.3) is 20.8 Å². The normalized spacial score (nSPS) is 11.1. The highest BCUT2D eigenvalue weighted by Gasteiger charge is 2.18. The van der Waals surface area contributed by atoms with Gasteiger partial charge in [0.25, 0.3) is 5.91 Å². The Bertz CT molecular complexity index is 1010. The minimum atomic E-state index is -0.116. The molecule has 0 spiro atoms. The molecule has 126 valence electrons. The first-order chi connectivity index (χ1) is 12.1. The average molecular weight is 368 g/mol. The lowest BCUT2D eigenvalue weighted by Gasteiger charge is -2.13. The highest BCUT2D eigenvalue weighted by molar-refractivity contribution is 7.18. The Hall–Kier alpha value is -2.51. The van der Waals surface area contributed by atoms with Crippen molar-refractivity contribution < 1.29 is 4.79 Å². The van der Waals surface area contributed by atoms with Gasteiger partial charge in [0.1, 0.15) is 5.01 Å². The summed E-state index contributed by atoms with van der Waals surface area (Å²) in [6.45, 7) is 2.53. The largest absolute Gasteiger partial charge is 0.334 e. The molecule has 0 aliphatic rings. The van der Waals surface area contributed by atoms with Crippen LogP contribution in [-0.4, -0.2) is 33.0 Å². The van der Waals surface area contributed by atoms with E-state index in [9.17, 15) is 4.79 Å². The molecule has 0 aliphatic carbocycles. The number of carbonyl (C=O) groups excluding carboxylic acids is 1. The van der Waals surface area contributed by atoms with Gasteiger partial charge in [0.2, 0.25) is 0 Å². The van der Waals surface area contributed by atoms with E-state index in [1.807, 2.05) is 36.4 Å². The van der Waals surface area contributed by atoms with E-state index in [4.69, 9.17) is 0 Å². The number of hydrogen-bond donors (Lipinski definition) is 1. The fourth-order valence-corrected chi connectivity index (χ4v) is 4.45. The number of nitrogens with zero attached hydrogens (tertiary/aromatic N) is 3. The molecule has 0 fully saturated rings. The van der Waals surface area contributed by atoms with Crippen molar-refractivity contribution in [2.75, 3.05) is 7.05 Å². The third-order valence-electron chi connectivity index (χ3n) is 3.86. The molecule has 7 heteroatoms. The number of hydrogen-bond acceptors (Lipinski definition) is 5. The standard InChI is InChI=1S/C18H16N4OS2/c1-11-7-8-16(24-11)13-9-14(21-20-13)18(23)22(2)10-17-19-12-5-3-4-6-15(12)25-17/h3-9H,10H2,1-2H3,(H,20,21). The van der Waals surface area contributed by atoms with Crippen LogP contribution in [0.5, 0.6) is 0 Å². The summed E-state index contributed by atoms with van der Waals surface area (Å²) in [4.78, 5) is 21.2. The van der Waals surface area contributed by atoms with Crippen LogP contribution in [0, 0.1) is 6.92 Å². The van der Waals surface area contributed by atoms with Gasteiger partial charge in [0.15, 0.2) is 5.69 Å². The van der Waals surface area contributed by atoms with Gasteiger partial charge in [-0.25, -0.2) is 4.98 Å². The molecule has 5 nitrogen and oxygen atoms in total. The van der Waals surface area contributed by atoms with E-state index < -0.39 is 0 Å². The second-order valence-electron chi connectivity index (χ2n) is 5.81. The molecule has 0 bridgehead atoms. The Balaban J connectivity index is 1.51. The van der Waals surface area contributed by atoms with Crippen molar-refractivity contribution in [1.82, 2.24) is 20.1 Å². The van der Waals surface area contributed by atoms with E-state index in [1.165, 1.54) is 4.88 Å². The van der Waals surface area contributed by atoms with Gasteiger partial charge in [-0.3, -0.25) is 9.89 Å². The summed E-state index contributed by atoms with van der Waals surface area (Å²) in [7, 11) is 1.78. The summed E-state index contributed by atoms with van der Waals surface area (Å²) in [5.41, 5.74) is 2.26. The zero-order valence-corrected chi connectivity index (χ0v) is 15.4. The van der Waals surface area contributed by atoms with E-state index >= 15 is 0 Å². The smallest absolute Gasteiger partial charge is 0.274 e. The molecule has 1 amide bonds. The van der Waals surface area contributed by atoms with Gasteiger partial charge < -0.3 is 4.90 Å². The maximum absolute atomic E-state index is 12.6. The quantitative estimate of drug-likeness (QED) is 0.583. The lowest BCUT2D eigenvalue weighted by molar-refractivity contribution is 0.0779. The molecule has 3 aromatic heterocycles. The lowest BCUT2D eigenvalue weighted by atomic mass is 10.3. The summed E-state index contributed by atoms with van der Waals surface area (Å²) >= 11 is 3.29. The van der Waals surface area contributed by atoms with E-state index in [0.717, 1.165) is 25.8 Å². The lowest BCUT2D eigenvalue weighted by Crippen LogP contribution is -2.26. The predicted molar refractivity (Wildman–Crippen MR) is 102 cm³/mol. The van der Waals surface area contributed by atoms with Crippen molar-refractivity contribution >= 4 is 38.8 Å². The number of fused-ring (bicyclic) bond motifs is 1. The van der Waals surface area contributed by atoms with Crippen LogP contribution in [0.15, 0.2) is 42.5 Å². The molecule has 0 saturated carbocycles. The fourth-order valence-electron chi connectivity index (χ4n) is 2.59. The summed E-state index contributed by atoms with van der Waals surface area (Å²) in [5, 5.41) is 8.06. The summed E-state index contributed by atoms with van der Waals surface area (Å²) < 4.78 is 1.13. The Kier molecular flexibility index (Phi) is 4.10. The Morgan fingerprint density at radius 1 is 1.20 bits per heavy atom. The van der Waals surface area contributed by atoms with Gasteiger partial charge in [-0.15, -0.1) is 22.7 Å². The van der Waals surface area contributed by atoms with Gasteiger partial charge in [0.05, 0.1) is 27.3 Å². The van der Waals surface area contributed by atoms with E-state index in [-0.39, 0.29) is 5.91 Å². The number of thiophene rings is 1. The minimum Gasteiger partial charge on any atom is -0.334 e. The third-order valence-corrected chi connectivity index (χ3v) is 5.92. The van der Waals surface area contributed by atoms with Crippen molar-refractivity contribution in [3.05, 3.63) is 58.0 Å². The second kappa shape index (κ2) is 6.42. The Labute approximate surface area is 153 Å². The van der Waals surface area contributed by atoms with Gasteiger partial charge >= 0.3 is 0 Å². The maximum Gasteiger partial charge on any atom is 0.274 e. The van der Waals surface area contributed by atoms with Crippen LogP contribution in [0.3, 0.4) is 0 Å². The SMILES string of the molecule is Cc1ccc(-c2cc(C(=O)N(C)Cc3nc4ccccc4s3)n[nH]2)s1. The van der Waals surface area contributed by atoms with Crippen LogP contribution in [-0.2, 0) is 6.54 Å². The number of H-pyrrole nitrogens is 1. The minimum absolute atomic E-state index is 0.116. The van der Waals surface area contributed by atoms with E-state index in [2.05, 4.69) is 28.2 Å². The first-order valence-corrected chi connectivity index (χ1v) is 9.45. The van der Waals surface area contributed by atoms with Crippen molar-refractivity contribution in [1.29, 1.82) is 0 Å². The number of amides is 1. The van der Waals surface area contributed by atoms with Crippen LogP contribution < -0.4 is 0 Å². The number of rotatable bonds is 4. The Morgan fingerprint density at radius 2 is 2.04 bits per heavy atom. The van der Waals surface area contributed by atoms with Crippen LogP contribution in [0.2, 0.25) is 0 Å². The maximum atomic E-state index is 12.6. The molecule has 25 heavy (non-hydrogen) atoms. The number of aryl methyl sites for hydroxylation is 1. The van der Waals surface area contributed by atoms with Crippen LogP contribution >= 0.6 is 22.7 Å². The monoisotopic (exact) mass is 368 g/mol. The molecule has 0 radical (unpaired) electrons. The number of aromatic amines is 1. The number of aromatic nitrogens is 3. The zero-order chi connectivity index (χ0) is 17.4. The first kappa shape index (κ1) is 16.0. The van der Waals surface area contributed by atoms with Crippen molar-refractivity contribution in [2.45, 2.75) is 13.5 Å². The number of benzene rings is 1. The number of carbonyl (C=O) groups is 1. The van der Waals surface area contributed by atoms with Gasteiger partial charge in [-0.05, 0) is 37.3 Å². The molecule has 0 unspecified atom stereocenters. The molecular weight excluding hydrogens is 352 g/mol.